The van der Waals surface area contributed by atoms with Gasteiger partial charge in [0.25, 0.3) is 5.56 Å². The summed E-state index contributed by atoms with van der Waals surface area (Å²) in [5.74, 6) is 0.825. The molecule has 0 saturated carbocycles. The molecule has 3 rings (SSSR count). The molecule has 3 aromatic rings. The third-order valence-corrected chi connectivity index (χ3v) is 4.44. The molecule has 5 heteroatoms. The first-order valence-electron chi connectivity index (χ1n) is 7.29. The van der Waals surface area contributed by atoms with Crippen molar-refractivity contribution >= 4 is 32.4 Å². The molecular weight excluding hydrogens is 294 g/mol. The molecule has 0 saturated heterocycles. The SMILES string of the molecule is CCCN(c1ccc(C)cn1)c1nc(=O)c2ccccc2s1. The second kappa shape index (κ2) is 6.23. The van der Waals surface area contributed by atoms with Crippen LogP contribution in [0.5, 0.6) is 0 Å². The lowest BCUT2D eigenvalue weighted by atomic mass is 10.3. The molecule has 0 aliphatic rings. The van der Waals surface area contributed by atoms with Crippen LogP contribution >= 0.6 is 11.3 Å². The third kappa shape index (κ3) is 2.85. The average Bonchev–Trinajstić information content (AvgIpc) is 2.54. The van der Waals surface area contributed by atoms with Crippen molar-refractivity contribution in [1.82, 2.24) is 9.97 Å². The van der Waals surface area contributed by atoms with Crippen LogP contribution in [0.25, 0.3) is 10.1 Å². The molecule has 0 bridgehead atoms. The molecule has 0 unspecified atom stereocenters. The summed E-state index contributed by atoms with van der Waals surface area (Å²) in [4.78, 5) is 23.0. The molecule has 0 fully saturated rings. The largest absolute Gasteiger partial charge is 0.302 e. The number of anilines is 2. The van der Waals surface area contributed by atoms with Gasteiger partial charge in [-0.1, -0.05) is 36.5 Å². The van der Waals surface area contributed by atoms with Crippen LogP contribution in [0.1, 0.15) is 18.9 Å². The van der Waals surface area contributed by atoms with Gasteiger partial charge < -0.3 is 4.90 Å². The van der Waals surface area contributed by atoms with Gasteiger partial charge >= 0.3 is 0 Å². The van der Waals surface area contributed by atoms with Crippen molar-refractivity contribution in [3.63, 3.8) is 0 Å². The van der Waals surface area contributed by atoms with Crippen molar-refractivity contribution in [3.05, 3.63) is 58.5 Å². The molecule has 0 aliphatic heterocycles. The number of hydrogen-bond donors (Lipinski definition) is 0. The summed E-state index contributed by atoms with van der Waals surface area (Å²) < 4.78 is 0.950. The van der Waals surface area contributed by atoms with Gasteiger partial charge in [0, 0.05) is 17.4 Å². The van der Waals surface area contributed by atoms with Gasteiger partial charge in [-0.2, -0.15) is 4.98 Å². The molecule has 1 aromatic carbocycles. The van der Waals surface area contributed by atoms with E-state index in [1.807, 2.05) is 54.4 Å². The first-order valence-corrected chi connectivity index (χ1v) is 8.11. The fourth-order valence-electron chi connectivity index (χ4n) is 2.27. The van der Waals surface area contributed by atoms with E-state index in [9.17, 15) is 4.79 Å². The first kappa shape index (κ1) is 14.7. The molecule has 0 N–H and O–H groups in total. The summed E-state index contributed by atoms with van der Waals surface area (Å²) in [6, 6.07) is 11.6. The van der Waals surface area contributed by atoms with E-state index in [0.717, 1.165) is 29.0 Å². The normalized spacial score (nSPS) is 10.8. The molecule has 0 atom stereocenters. The molecule has 0 aliphatic carbocycles. The van der Waals surface area contributed by atoms with Crippen LogP contribution in [-0.4, -0.2) is 16.5 Å². The molecule has 0 radical (unpaired) electrons. The van der Waals surface area contributed by atoms with E-state index in [2.05, 4.69) is 16.9 Å². The number of aromatic nitrogens is 2. The molecule has 112 valence electrons. The van der Waals surface area contributed by atoms with Crippen LogP contribution in [-0.2, 0) is 0 Å². The maximum atomic E-state index is 12.2. The van der Waals surface area contributed by atoms with Crippen molar-refractivity contribution in [2.75, 3.05) is 11.4 Å². The Balaban J connectivity index is 2.12. The number of aryl methyl sites for hydroxylation is 1. The molecule has 2 aromatic heterocycles. The Morgan fingerprint density at radius 1 is 1.18 bits per heavy atom. The summed E-state index contributed by atoms with van der Waals surface area (Å²) in [6.45, 7) is 4.88. The van der Waals surface area contributed by atoms with Gasteiger partial charge in [-0.05, 0) is 37.1 Å². The lowest BCUT2D eigenvalue weighted by molar-refractivity contribution is 0.864. The van der Waals surface area contributed by atoms with Gasteiger partial charge in [0.2, 0.25) is 0 Å². The highest BCUT2D eigenvalue weighted by Gasteiger charge is 2.14. The van der Waals surface area contributed by atoms with E-state index in [1.165, 1.54) is 11.3 Å². The summed E-state index contributed by atoms with van der Waals surface area (Å²) in [5.41, 5.74) is 0.928. The monoisotopic (exact) mass is 311 g/mol. The average molecular weight is 311 g/mol. The Bertz CT molecular complexity index is 842. The van der Waals surface area contributed by atoms with Gasteiger partial charge in [0.05, 0.1) is 5.39 Å². The second-order valence-corrected chi connectivity index (χ2v) is 6.15. The maximum Gasteiger partial charge on any atom is 0.281 e. The summed E-state index contributed by atoms with van der Waals surface area (Å²) in [5, 5.41) is 1.37. The molecule has 2 heterocycles. The van der Waals surface area contributed by atoms with Gasteiger partial charge in [-0.25, -0.2) is 4.98 Å². The Hall–Kier alpha value is -2.27. The van der Waals surface area contributed by atoms with E-state index in [4.69, 9.17) is 0 Å². The number of pyridine rings is 1. The standard InChI is InChI=1S/C17H17N3OS/c1-3-10-20(15-9-8-12(2)11-18-15)17-19-16(21)13-6-4-5-7-14(13)22-17/h4-9,11H,3,10H2,1-2H3. The molecule has 4 nitrogen and oxygen atoms in total. The number of fused-ring (bicyclic) bond motifs is 1. The Morgan fingerprint density at radius 3 is 2.73 bits per heavy atom. The fraction of sp³-hybridized carbons (Fsp3) is 0.235. The Labute approximate surface area is 133 Å². The van der Waals surface area contributed by atoms with Crippen molar-refractivity contribution in [2.24, 2.45) is 0 Å². The van der Waals surface area contributed by atoms with Gasteiger partial charge in [-0.3, -0.25) is 4.79 Å². The topological polar surface area (TPSA) is 46.1 Å². The number of nitrogens with zero attached hydrogens (tertiary/aromatic N) is 3. The summed E-state index contributed by atoms with van der Waals surface area (Å²) >= 11 is 1.52. The van der Waals surface area contributed by atoms with Gasteiger partial charge in [0.1, 0.15) is 5.82 Å². The quantitative estimate of drug-likeness (QED) is 0.733. The number of hydrogen-bond acceptors (Lipinski definition) is 5. The molecular formula is C17H17N3OS. The second-order valence-electron chi connectivity index (χ2n) is 5.14. The lowest BCUT2D eigenvalue weighted by Gasteiger charge is -2.21. The Kier molecular flexibility index (Phi) is 4.15. The van der Waals surface area contributed by atoms with Crippen LogP contribution in [0.2, 0.25) is 0 Å². The minimum atomic E-state index is -0.183. The molecule has 0 amide bonds. The van der Waals surface area contributed by atoms with Crippen LogP contribution in [0.4, 0.5) is 10.9 Å². The first-order chi connectivity index (χ1) is 10.7. The van der Waals surface area contributed by atoms with Crippen molar-refractivity contribution in [1.29, 1.82) is 0 Å². The van der Waals surface area contributed by atoms with Crippen LogP contribution in [0.3, 0.4) is 0 Å². The van der Waals surface area contributed by atoms with Crippen molar-refractivity contribution < 1.29 is 0 Å². The predicted molar refractivity (Wildman–Crippen MR) is 92.2 cm³/mol. The highest BCUT2D eigenvalue weighted by Crippen LogP contribution is 2.28. The van der Waals surface area contributed by atoms with Crippen LogP contribution in [0.15, 0.2) is 47.4 Å². The maximum absolute atomic E-state index is 12.2. The van der Waals surface area contributed by atoms with E-state index >= 15 is 0 Å². The van der Waals surface area contributed by atoms with Crippen LogP contribution < -0.4 is 10.5 Å². The zero-order valence-electron chi connectivity index (χ0n) is 12.6. The summed E-state index contributed by atoms with van der Waals surface area (Å²) in [7, 11) is 0. The highest BCUT2D eigenvalue weighted by atomic mass is 32.1. The Morgan fingerprint density at radius 2 is 2.00 bits per heavy atom. The van der Waals surface area contributed by atoms with E-state index in [-0.39, 0.29) is 5.56 Å². The van der Waals surface area contributed by atoms with E-state index in [0.29, 0.717) is 10.5 Å². The zero-order valence-corrected chi connectivity index (χ0v) is 13.4. The minimum Gasteiger partial charge on any atom is -0.302 e. The molecule has 0 spiro atoms. The highest BCUT2D eigenvalue weighted by molar-refractivity contribution is 7.21. The van der Waals surface area contributed by atoms with Gasteiger partial charge in [-0.15, -0.1) is 0 Å². The number of benzene rings is 1. The number of rotatable bonds is 4. The smallest absolute Gasteiger partial charge is 0.281 e. The van der Waals surface area contributed by atoms with Crippen LogP contribution in [0, 0.1) is 6.92 Å². The predicted octanol–water partition coefficient (Wildman–Crippen LogP) is 3.91. The van der Waals surface area contributed by atoms with E-state index in [1.54, 1.807) is 0 Å². The lowest BCUT2D eigenvalue weighted by Crippen LogP contribution is -2.22. The minimum absolute atomic E-state index is 0.183. The zero-order chi connectivity index (χ0) is 15.5. The van der Waals surface area contributed by atoms with E-state index < -0.39 is 0 Å². The van der Waals surface area contributed by atoms with Crippen molar-refractivity contribution in [3.8, 4) is 0 Å². The fourth-order valence-corrected chi connectivity index (χ4v) is 3.30. The third-order valence-electron chi connectivity index (χ3n) is 3.37. The molecule has 22 heavy (non-hydrogen) atoms. The summed E-state index contributed by atoms with van der Waals surface area (Å²) in [6.07, 6.45) is 2.78. The van der Waals surface area contributed by atoms with Crippen molar-refractivity contribution in [2.45, 2.75) is 20.3 Å². The van der Waals surface area contributed by atoms with Gasteiger partial charge in [0.15, 0.2) is 5.13 Å².